The van der Waals surface area contributed by atoms with Gasteiger partial charge >= 0.3 is 0 Å². The van der Waals surface area contributed by atoms with Gasteiger partial charge in [0.1, 0.15) is 17.5 Å². The molecule has 1 aliphatic rings. The minimum atomic E-state index is -0.522. The van der Waals surface area contributed by atoms with Crippen molar-refractivity contribution >= 4 is 22.6 Å². The van der Waals surface area contributed by atoms with Crippen molar-refractivity contribution in [3.63, 3.8) is 0 Å². The molecule has 0 spiro atoms. The Morgan fingerprint density at radius 3 is 2.75 bits per heavy atom. The van der Waals surface area contributed by atoms with Gasteiger partial charge in [-0.05, 0) is 35.6 Å². The number of fused-ring (bicyclic) bond motifs is 1. The first-order valence-corrected chi connectivity index (χ1v) is 9.22. The van der Waals surface area contributed by atoms with Crippen molar-refractivity contribution in [2.24, 2.45) is 0 Å². The van der Waals surface area contributed by atoms with Gasteiger partial charge in [-0.2, -0.15) is 0 Å². The average molecular weight is 375 g/mol. The lowest BCUT2D eigenvalue weighted by molar-refractivity contribution is -0.129. The maximum absolute atomic E-state index is 12.7. The van der Waals surface area contributed by atoms with E-state index in [1.165, 1.54) is 0 Å². The number of hydrogen-bond donors (Lipinski definition) is 1. The third-order valence-electron chi connectivity index (χ3n) is 5.02. The molecule has 0 aliphatic carbocycles. The van der Waals surface area contributed by atoms with Crippen molar-refractivity contribution in [1.82, 2.24) is 15.2 Å². The lowest BCUT2D eigenvalue weighted by Crippen LogP contribution is -2.41. The van der Waals surface area contributed by atoms with Gasteiger partial charge in [0, 0.05) is 24.7 Å². The molecule has 2 amide bonds. The SMILES string of the molecule is COc1ccc(CN2CCC(NC(=O)c3nccc4ccccc34)C2=O)cc1. The minimum absolute atomic E-state index is 0.0654. The highest BCUT2D eigenvalue weighted by Gasteiger charge is 2.33. The minimum Gasteiger partial charge on any atom is -0.497 e. The number of carbonyl (C=O) groups is 2. The number of benzene rings is 2. The number of ether oxygens (including phenoxy) is 1. The van der Waals surface area contributed by atoms with Crippen LogP contribution in [0, 0.1) is 0 Å². The fraction of sp³-hybridized carbons (Fsp3) is 0.227. The van der Waals surface area contributed by atoms with Gasteiger partial charge in [-0.3, -0.25) is 14.6 Å². The second-order valence-electron chi connectivity index (χ2n) is 6.80. The summed E-state index contributed by atoms with van der Waals surface area (Å²) in [5.74, 6) is 0.398. The summed E-state index contributed by atoms with van der Waals surface area (Å²) in [7, 11) is 1.62. The van der Waals surface area contributed by atoms with Gasteiger partial charge < -0.3 is 15.0 Å². The Bertz CT molecular complexity index is 1010. The van der Waals surface area contributed by atoms with Gasteiger partial charge in [-0.25, -0.2) is 0 Å². The maximum atomic E-state index is 12.7. The second kappa shape index (κ2) is 7.68. The van der Waals surface area contributed by atoms with Gasteiger partial charge in [0.15, 0.2) is 0 Å². The summed E-state index contributed by atoms with van der Waals surface area (Å²) in [6, 6.07) is 16.6. The molecule has 142 valence electrons. The molecule has 1 fully saturated rings. The Morgan fingerprint density at radius 1 is 1.18 bits per heavy atom. The number of nitrogens with zero attached hydrogens (tertiary/aromatic N) is 2. The number of methoxy groups -OCH3 is 1. The van der Waals surface area contributed by atoms with Crippen LogP contribution in [0.1, 0.15) is 22.5 Å². The smallest absolute Gasteiger partial charge is 0.271 e. The fourth-order valence-electron chi connectivity index (χ4n) is 3.51. The lowest BCUT2D eigenvalue weighted by Gasteiger charge is -2.17. The van der Waals surface area contributed by atoms with Crippen molar-refractivity contribution < 1.29 is 14.3 Å². The van der Waals surface area contributed by atoms with Crippen LogP contribution in [0.5, 0.6) is 5.75 Å². The van der Waals surface area contributed by atoms with Crippen LogP contribution in [0.3, 0.4) is 0 Å². The van der Waals surface area contributed by atoms with Crippen LogP contribution in [0.25, 0.3) is 10.8 Å². The maximum Gasteiger partial charge on any atom is 0.271 e. The molecule has 1 saturated heterocycles. The summed E-state index contributed by atoms with van der Waals surface area (Å²) in [5, 5.41) is 4.58. The first kappa shape index (κ1) is 18.0. The highest BCUT2D eigenvalue weighted by atomic mass is 16.5. The van der Waals surface area contributed by atoms with Crippen LogP contribution in [0.4, 0.5) is 0 Å². The van der Waals surface area contributed by atoms with E-state index < -0.39 is 6.04 Å². The number of pyridine rings is 1. The standard InChI is InChI=1S/C22H21N3O3/c1-28-17-8-6-15(7-9-17)14-25-13-11-19(22(25)27)24-21(26)20-18-5-3-2-4-16(18)10-12-23-20/h2-10,12,19H,11,13-14H2,1H3,(H,24,26). The molecule has 2 heterocycles. The quantitative estimate of drug-likeness (QED) is 0.744. The Kier molecular flexibility index (Phi) is 4.93. The number of likely N-dealkylation sites (tertiary alicyclic amines) is 1. The van der Waals surface area contributed by atoms with Crippen molar-refractivity contribution in [1.29, 1.82) is 0 Å². The summed E-state index contributed by atoms with van der Waals surface area (Å²) < 4.78 is 5.16. The number of hydrogen-bond acceptors (Lipinski definition) is 4. The van der Waals surface area contributed by atoms with Crippen LogP contribution in [0.2, 0.25) is 0 Å². The van der Waals surface area contributed by atoms with Crippen molar-refractivity contribution in [2.45, 2.75) is 19.0 Å². The van der Waals surface area contributed by atoms with E-state index in [0.29, 0.717) is 25.2 Å². The number of nitrogens with one attached hydrogen (secondary N) is 1. The van der Waals surface area contributed by atoms with Crippen molar-refractivity contribution in [3.05, 3.63) is 72.1 Å². The summed E-state index contributed by atoms with van der Waals surface area (Å²) in [4.78, 5) is 31.5. The largest absolute Gasteiger partial charge is 0.497 e. The van der Waals surface area contributed by atoms with E-state index in [1.807, 2.05) is 54.6 Å². The van der Waals surface area contributed by atoms with Crippen LogP contribution in [-0.2, 0) is 11.3 Å². The highest BCUT2D eigenvalue weighted by molar-refractivity contribution is 6.06. The molecule has 0 bridgehead atoms. The van der Waals surface area contributed by atoms with Crippen LogP contribution < -0.4 is 10.1 Å². The second-order valence-corrected chi connectivity index (χ2v) is 6.80. The molecular weight excluding hydrogens is 354 g/mol. The van der Waals surface area contributed by atoms with E-state index in [1.54, 1.807) is 18.2 Å². The zero-order valence-electron chi connectivity index (χ0n) is 15.6. The van der Waals surface area contributed by atoms with Gasteiger partial charge in [0.25, 0.3) is 5.91 Å². The van der Waals surface area contributed by atoms with E-state index >= 15 is 0 Å². The molecule has 1 atom stereocenters. The zero-order valence-corrected chi connectivity index (χ0v) is 15.6. The summed E-state index contributed by atoms with van der Waals surface area (Å²) in [6.45, 7) is 1.13. The van der Waals surface area contributed by atoms with Crippen molar-refractivity contribution in [2.75, 3.05) is 13.7 Å². The topological polar surface area (TPSA) is 71.5 Å². The monoisotopic (exact) mass is 375 g/mol. The average Bonchev–Trinajstić information content (AvgIpc) is 3.07. The molecule has 6 nitrogen and oxygen atoms in total. The van der Waals surface area contributed by atoms with Gasteiger partial charge in [-0.15, -0.1) is 0 Å². The molecule has 2 aromatic carbocycles. The molecule has 1 unspecified atom stereocenters. The van der Waals surface area contributed by atoms with E-state index in [2.05, 4.69) is 10.3 Å². The molecule has 0 saturated carbocycles. The molecule has 6 heteroatoms. The van der Waals surface area contributed by atoms with E-state index in [9.17, 15) is 9.59 Å². The molecule has 1 N–H and O–H groups in total. The molecule has 0 radical (unpaired) electrons. The fourth-order valence-corrected chi connectivity index (χ4v) is 3.51. The van der Waals surface area contributed by atoms with E-state index in [0.717, 1.165) is 22.1 Å². The first-order chi connectivity index (χ1) is 13.7. The Hall–Kier alpha value is -3.41. The number of carbonyl (C=O) groups excluding carboxylic acids is 2. The summed E-state index contributed by atoms with van der Waals surface area (Å²) in [6.07, 6.45) is 2.20. The lowest BCUT2D eigenvalue weighted by atomic mass is 10.1. The molecule has 4 rings (SSSR count). The predicted octanol–water partition coefficient (Wildman–Crippen LogP) is 2.77. The number of rotatable bonds is 5. The predicted molar refractivity (Wildman–Crippen MR) is 106 cm³/mol. The van der Waals surface area contributed by atoms with Crippen LogP contribution >= 0.6 is 0 Å². The number of aromatic nitrogens is 1. The van der Waals surface area contributed by atoms with Crippen LogP contribution in [0.15, 0.2) is 60.8 Å². The van der Waals surface area contributed by atoms with Crippen molar-refractivity contribution in [3.8, 4) is 5.75 Å². The first-order valence-electron chi connectivity index (χ1n) is 9.22. The third kappa shape index (κ3) is 3.53. The Labute approximate surface area is 163 Å². The molecule has 28 heavy (non-hydrogen) atoms. The van der Waals surface area contributed by atoms with Gasteiger partial charge in [0.2, 0.25) is 5.91 Å². The number of amides is 2. The normalized spacial score (nSPS) is 16.4. The molecule has 3 aromatic rings. The Balaban J connectivity index is 1.44. The highest BCUT2D eigenvalue weighted by Crippen LogP contribution is 2.20. The molecule has 1 aliphatic heterocycles. The molecule has 1 aromatic heterocycles. The van der Waals surface area contributed by atoms with E-state index in [4.69, 9.17) is 4.74 Å². The van der Waals surface area contributed by atoms with Crippen LogP contribution in [-0.4, -0.2) is 41.4 Å². The van der Waals surface area contributed by atoms with Gasteiger partial charge in [-0.1, -0.05) is 36.4 Å². The summed E-state index contributed by atoms with van der Waals surface area (Å²) >= 11 is 0. The van der Waals surface area contributed by atoms with E-state index in [-0.39, 0.29) is 11.8 Å². The zero-order chi connectivity index (χ0) is 19.5. The Morgan fingerprint density at radius 2 is 1.96 bits per heavy atom. The third-order valence-corrected chi connectivity index (χ3v) is 5.02. The summed E-state index contributed by atoms with van der Waals surface area (Å²) in [5.41, 5.74) is 1.37. The molecular formula is C22H21N3O3. The van der Waals surface area contributed by atoms with Gasteiger partial charge in [0.05, 0.1) is 7.11 Å².